The van der Waals surface area contributed by atoms with Crippen molar-refractivity contribution >= 4 is 29.7 Å². The zero-order valence-electron chi connectivity index (χ0n) is 11.7. The highest BCUT2D eigenvalue weighted by Crippen LogP contribution is 2.33. The molecule has 0 N–H and O–H groups in total. The minimum atomic E-state index is -1.02. The van der Waals surface area contributed by atoms with Crippen LogP contribution >= 0.6 is 11.8 Å². The Morgan fingerprint density at radius 2 is 1.57 bits per heavy atom. The topological polar surface area (TPSA) is 128 Å². The van der Waals surface area contributed by atoms with Gasteiger partial charge in [0.25, 0.3) is 0 Å². The number of carbonyl (C=O) groups is 3. The Morgan fingerprint density at radius 1 is 1.05 bits per heavy atom. The molecule has 0 spiro atoms. The molecule has 1 aliphatic heterocycles. The van der Waals surface area contributed by atoms with E-state index in [1.807, 2.05) is 0 Å². The number of thioether (sulfide) groups is 1. The minimum Gasteiger partial charge on any atom is -0.458 e. The summed E-state index contributed by atoms with van der Waals surface area (Å²) in [5.74, 6) is -1.55. The van der Waals surface area contributed by atoms with Crippen LogP contribution in [0.4, 0.5) is 0 Å². The van der Waals surface area contributed by atoms with Crippen LogP contribution in [0.3, 0.4) is 0 Å². The quantitative estimate of drug-likeness (QED) is 0.250. The first kappa shape index (κ1) is 17.1. The van der Waals surface area contributed by atoms with E-state index < -0.39 is 41.6 Å². The van der Waals surface area contributed by atoms with E-state index >= 15 is 0 Å². The summed E-state index contributed by atoms with van der Waals surface area (Å²) >= 11 is 1.15. The Balaban J connectivity index is 3.05. The van der Waals surface area contributed by atoms with Gasteiger partial charge in [-0.2, -0.15) is 0 Å². The highest BCUT2D eigenvalue weighted by Gasteiger charge is 2.46. The molecule has 10 heteroatoms. The Labute approximate surface area is 124 Å². The van der Waals surface area contributed by atoms with Crippen LogP contribution in [0, 0.1) is 0 Å². The van der Waals surface area contributed by atoms with Crippen LogP contribution < -0.4 is 0 Å². The van der Waals surface area contributed by atoms with E-state index in [4.69, 9.17) is 19.7 Å². The van der Waals surface area contributed by atoms with Gasteiger partial charge in [0, 0.05) is 31.4 Å². The van der Waals surface area contributed by atoms with Gasteiger partial charge in [0.2, 0.25) is 0 Å². The van der Waals surface area contributed by atoms with Gasteiger partial charge in [-0.25, -0.2) is 0 Å². The molecule has 1 heterocycles. The molecule has 1 aliphatic rings. The molecule has 9 nitrogen and oxygen atoms in total. The van der Waals surface area contributed by atoms with Gasteiger partial charge in [-0.3, -0.25) is 14.4 Å². The number of esters is 3. The molecule has 0 aliphatic carbocycles. The number of hydrogen-bond acceptors (Lipinski definition) is 8. The summed E-state index contributed by atoms with van der Waals surface area (Å²) in [6, 6.07) is 0. The van der Waals surface area contributed by atoms with Crippen LogP contribution in [-0.2, 0) is 28.6 Å². The van der Waals surface area contributed by atoms with Crippen LogP contribution in [0.15, 0.2) is 5.11 Å². The van der Waals surface area contributed by atoms with E-state index in [-0.39, 0.29) is 5.75 Å². The minimum absolute atomic E-state index is 0.249. The van der Waals surface area contributed by atoms with Crippen molar-refractivity contribution in [2.24, 2.45) is 5.11 Å². The highest BCUT2D eigenvalue weighted by molar-refractivity contribution is 8.00. The summed E-state index contributed by atoms with van der Waals surface area (Å²) < 4.78 is 15.3. The van der Waals surface area contributed by atoms with E-state index in [0.717, 1.165) is 11.8 Å². The summed E-state index contributed by atoms with van der Waals surface area (Å²) in [6.07, 6.45) is -2.83. The van der Waals surface area contributed by atoms with Crippen molar-refractivity contribution in [2.75, 3.05) is 5.75 Å². The average Bonchev–Trinajstić information content (AvgIpc) is 2.35. The first-order chi connectivity index (χ1) is 9.85. The maximum Gasteiger partial charge on any atom is 0.303 e. The third-order valence-corrected chi connectivity index (χ3v) is 3.71. The van der Waals surface area contributed by atoms with Crippen molar-refractivity contribution < 1.29 is 28.6 Å². The lowest BCUT2D eigenvalue weighted by Crippen LogP contribution is -2.53. The molecule has 0 bridgehead atoms. The van der Waals surface area contributed by atoms with Gasteiger partial charge in [0.1, 0.15) is 5.37 Å². The Hall–Kier alpha value is -1.93. The maximum absolute atomic E-state index is 11.2. The van der Waals surface area contributed by atoms with Gasteiger partial charge in [0.15, 0.2) is 18.3 Å². The lowest BCUT2D eigenvalue weighted by atomic mass is 10.1. The third-order valence-electron chi connectivity index (χ3n) is 2.49. The molecule has 0 aromatic carbocycles. The first-order valence-corrected chi connectivity index (χ1v) is 7.07. The van der Waals surface area contributed by atoms with Crippen molar-refractivity contribution in [1.82, 2.24) is 0 Å². The van der Waals surface area contributed by atoms with Crippen molar-refractivity contribution in [3.8, 4) is 0 Å². The predicted molar refractivity (Wildman–Crippen MR) is 72.1 cm³/mol. The molecular formula is C11H15N3O6S. The molecule has 116 valence electrons. The van der Waals surface area contributed by atoms with Gasteiger partial charge in [-0.1, -0.05) is 5.11 Å². The SMILES string of the molecule is CC(=O)O[C@@H]1[C@@H](OC(C)=O)[C@H](OC(C)=O)CS[C@H]1N=[N+]=[N-]. The zero-order chi connectivity index (χ0) is 16.0. The summed E-state index contributed by atoms with van der Waals surface area (Å²) in [6.45, 7) is 3.58. The van der Waals surface area contributed by atoms with Crippen molar-refractivity contribution in [3.63, 3.8) is 0 Å². The summed E-state index contributed by atoms with van der Waals surface area (Å²) in [5, 5.41) is 2.76. The first-order valence-electron chi connectivity index (χ1n) is 6.02. The molecule has 0 radical (unpaired) electrons. The van der Waals surface area contributed by atoms with E-state index in [1.165, 1.54) is 20.8 Å². The lowest BCUT2D eigenvalue weighted by molar-refractivity contribution is -0.181. The Kier molecular flexibility index (Phi) is 6.32. The van der Waals surface area contributed by atoms with Crippen LogP contribution in [0.25, 0.3) is 10.4 Å². The van der Waals surface area contributed by atoms with Crippen molar-refractivity contribution in [2.45, 2.75) is 44.5 Å². The van der Waals surface area contributed by atoms with Crippen molar-refractivity contribution in [1.29, 1.82) is 0 Å². The predicted octanol–water partition coefficient (Wildman–Crippen LogP) is 1.16. The fourth-order valence-corrected chi connectivity index (χ4v) is 3.03. The molecule has 1 saturated heterocycles. The van der Waals surface area contributed by atoms with E-state index in [9.17, 15) is 14.4 Å². The molecule has 1 rings (SSSR count). The number of rotatable bonds is 4. The number of nitrogens with zero attached hydrogens (tertiary/aromatic N) is 3. The lowest BCUT2D eigenvalue weighted by Gasteiger charge is -2.38. The number of carbonyl (C=O) groups excluding carboxylic acids is 3. The van der Waals surface area contributed by atoms with Crippen LogP contribution in [0.1, 0.15) is 20.8 Å². The fraction of sp³-hybridized carbons (Fsp3) is 0.727. The molecule has 0 aromatic rings. The van der Waals surface area contributed by atoms with E-state index in [0.29, 0.717) is 0 Å². The molecule has 0 unspecified atom stereocenters. The van der Waals surface area contributed by atoms with Crippen LogP contribution in [0.5, 0.6) is 0 Å². The summed E-state index contributed by atoms with van der Waals surface area (Å²) in [4.78, 5) is 36.2. The summed E-state index contributed by atoms with van der Waals surface area (Å²) in [7, 11) is 0. The van der Waals surface area contributed by atoms with Crippen LogP contribution in [0.2, 0.25) is 0 Å². The fourth-order valence-electron chi connectivity index (χ4n) is 1.87. The van der Waals surface area contributed by atoms with Gasteiger partial charge in [-0.15, -0.1) is 11.8 Å². The molecule has 0 saturated carbocycles. The number of ether oxygens (including phenoxy) is 3. The van der Waals surface area contributed by atoms with E-state index in [1.54, 1.807) is 0 Å². The van der Waals surface area contributed by atoms with Gasteiger partial charge < -0.3 is 14.2 Å². The van der Waals surface area contributed by atoms with Gasteiger partial charge in [-0.05, 0) is 5.53 Å². The molecule has 1 fully saturated rings. The normalized spacial score (nSPS) is 28.0. The molecule has 0 amide bonds. The smallest absolute Gasteiger partial charge is 0.303 e. The second-order valence-corrected chi connectivity index (χ2v) is 5.37. The Bertz CT molecular complexity index is 479. The molecule has 21 heavy (non-hydrogen) atoms. The van der Waals surface area contributed by atoms with E-state index in [2.05, 4.69) is 10.0 Å². The van der Waals surface area contributed by atoms with Crippen molar-refractivity contribution in [3.05, 3.63) is 10.4 Å². The third kappa shape index (κ3) is 5.16. The standard InChI is InChI=1S/C11H15N3O6S/c1-5(15)18-8-4-21-11(13-14-12)10(20-7(3)17)9(8)19-6(2)16/h8-11H,4H2,1-3H3/t8-,9+,10-,11-/m1/s1. The Morgan fingerprint density at radius 3 is 2.05 bits per heavy atom. The molecular weight excluding hydrogens is 302 g/mol. The summed E-state index contributed by atoms with van der Waals surface area (Å²) in [5.41, 5.74) is 8.56. The van der Waals surface area contributed by atoms with Crippen LogP contribution in [-0.4, -0.2) is 47.3 Å². The second-order valence-electron chi connectivity index (χ2n) is 4.22. The van der Waals surface area contributed by atoms with Gasteiger partial charge >= 0.3 is 17.9 Å². The molecule has 0 aromatic heterocycles. The average molecular weight is 317 g/mol. The highest BCUT2D eigenvalue weighted by atomic mass is 32.2. The largest absolute Gasteiger partial charge is 0.458 e. The number of hydrogen-bond donors (Lipinski definition) is 0. The van der Waals surface area contributed by atoms with Gasteiger partial charge in [0.05, 0.1) is 0 Å². The molecule has 4 atom stereocenters. The zero-order valence-corrected chi connectivity index (χ0v) is 12.5. The second kappa shape index (κ2) is 7.75. The number of azide groups is 1. The monoisotopic (exact) mass is 317 g/mol. The maximum atomic E-state index is 11.2.